The van der Waals surface area contributed by atoms with Crippen molar-refractivity contribution >= 4 is 15.9 Å². The van der Waals surface area contributed by atoms with Gasteiger partial charge < -0.3 is 5.32 Å². The highest BCUT2D eigenvalue weighted by Crippen LogP contribution is 2.40. The summed E-state index contributed by atoms with van der Waals surface area (Å²) in [6.45, 7) is 0.785. The Kier molecular flexibility index (Phi) is 3.67. The predicted octanol–water partition coefficient (Wildman–Crippen LogP) is 4.23. The average Bonchev–Trinajstić information content (AvgIpc) is 3.21. The zero-order valence-corrected chi connectivity index (χ0v) is 12.0. The van der Waals surface area contributed by atoms with E-state index in [0.29, 0.717) is 16.4 Å². The molecule has 1 saturated carbocycles. The molecule has 2 atom stereocenters. The molecule has 0 saturated heterocycles. The van der Waals surface area contributed by atoms with Crippen LogP contribution in [-0.4, -0.2) is 6.04 Å². The van der Waals surface area contributed by atoms with Crippen molar-refractivity contribution in [1.82, 2.24) is 5.32 Å². The van der Waals surface area contributed by atoms with Crippen molar-refractivity contribution in [2.75, 3.05) is 0 Å². The lowest BCUT2D eigenvalue weighted by Crippen LogP contribution is -2.17. The summed E-state index contributed by atoms with van der Waals surface area (Å²) in [5, 5.41) is 3.52. The van der Waals surface area contributed by atoms with Crippen LogP contribution in [0, 0.1) is 5.82 Å². The second kappa shape index (κ2) is 5.43. The molecule has 1 aliphatic rings. The zero-order valence-electron chi connectivity index (χ0n) is 10.4. The lowest BCUT2D eigenvalue weighted by atomic mass is 10.1. The van der Waals surface area contributed by atoms with Crippen LogP contribution >= 0.6 is 15.9 Å². The van der Waals surface area contributed by atoms with Crippen molar-refractivity contribution in [1.29, 1.82) is 0 Å². The average molecular weight is 320 g/mol. The van der Waals surface area contributed by atoms with E-state index in [1.165, 1.54) is 18.1 Å². The Morgan fingerprint density at radius 1 is 1.16 bits per heavy atom. The normalized spacial score (nSPS) is 21.4. The first-order valence-corrected chi connectivity index (χ1v) is 7.25. The molecule has 98 valence electrons. The van der Waals surface area contributed by atoms with Gasteiger partial charge in [-0.05, 0) is 45.6 Å². The van der Waals surface area contributed by atoms with Crippen molar-refractivity contribution < 1.29 is 4.39 Å². The Balaban J connectivity index is 1.56. The summed E-state index contributed by atoms with van der Waals surface area (Å²) in [6, 6.07) is 16.3. The minimum atomic E-state index is -0.211. The SMILES string of the molecule is Fc1ccc(CNC2CC2c2ccccc2)cc1Br. The lowest BCUT2D eigenvalue weighted by molar-refractivity contribution is 0.617. The topological polar surface area (TPSA) is 12.0 Å². The number of halogens is 2. The Morgan fingerprint density at radius 3 is 2.68 bits per heavy atom. The summed E-state index contributed by atoms with van der Waals surface area (Å²) in [4.78, 5) is 0. The van der Waals surface area contributed by atoms with Gasteiger partial charge in [-0.15, -0.1) is 0 Å². The summed E-state index contributed by atoms with van der Waals surface area (Å²) in [5.74, 6) is 0.419. The molecule has 1 aliphatic carbocycles. The van der Waals surface area contributed by atoms with Gasteiger partial charge in [0.1, 0.15) is 5.82 Å². The van der Waals surface area contributed by atoms with E-state index in [4.69, 9.17) is 0 Å². The molecule has 0 amide bonds. The molecular formula is C16H15BrFN. The van der Waals surface area contributed by atoms with Gasteiger partial charge in [-0.25, -0.2) is 4.39 Å². The van der Waals surface area contributed by atoms with Crippen LogP contribution in [0.25, 0.3) is 0 Å². The fourth-order valence-electron chi connectivity index (χ4n) is 2.39. The third kappa shape index (κ3) is 3.04. The van der Waals surface area contributed by atoms with Crippen molar-refractivity contribution in [3.63, 3.8) is 0 Å². The molecule has 2 unspecified atom stereocenters. The first-order valence-electron chi connectivity index (χ1n) is 6.46. The Bertz CT molecular complexity index is 570. The first kappa shape index (κ1) is 12.8. The van der Waals surface area contributed by atoms with E-state index in [0.717, 1.165) is 12.1 Å². The monoisotopic (exact) mass is 319 g/mol. The van der Waals surface area contributed by atoms with E-state index in [1.807, 2.05) is 18.2 Å². The van der Waals surface area contributed by atoms with Crippen molar-refractivity contribution in [3.8, 4) is 0 Å². The molecule has 1 fully saturated rings. The van der Waals surface area contributed by atoms with Crippen LogP contribution in [0.15, 0.2) is 53.0 Å². The van der Waals surface area contributed by atoms with Gasteiger partial charge in [0, 0.05) is 18.5 Å². The number of benzene rings is 2. The van der Waals surface area contributed by atoms with Crippen LogP contribution in [0.2, 0.25) is 0 Å². The summed E-state index contributed by atoms with van der Waals surface area (Å²) < 4.78 is 13.7. The van der Waals surface area contributed by atoms with Crippen molar-refractivity contribution in [2.45, 2.75) is 24.9 Å². The van der Waals surface area contributed by atoms with Gasteiger partial charge in [-0.2, -0.15) is 0 Å². The number of nitrogens with one attached hydrogen (secondary N) is 1. The molecule has 19 heavy (non-hydrogen) atoms. The number of hydrogen-bond donors (Lipinski definition) is 1. The van der Waals surface area contributed by atoms with Gasteiger partial charge in [-0.3, -0.25) is 0 Å². The molecule has 2 aromatic carbocycles. The van der Waals surface area contributed by atoms with E-state index in [1.54, 1.807) is 0 Å². The van der Waals surface area contributed by atoms with Gasteiger partial charge in [0.2, 0.25) is 0 Å². The molecule has 1 N–H and O–H groups in total. The summed E-state index contributed by atoms with van der Waals surface area (Å²) in [7, 11) is 0. The second-order valence-electron chi connectivity index (χ2n) is 4.99. The number of rotatable bonds is 4. The fraction of sp³-hybridized carbons (Fsp3) is 0.250. The van der Waals surface area contributed by atoms with Crippen LogP contribution < -0.4 is 5.32 Å². The summed E-state index contributed by atoms with van der Waals surface area (Å²) >= 11 is 3.21. The fourth-order valence-corrected chi connectivity index (χ4v) is 2.81. The smallest absolute Gasteiger partial charge is 0.137 e. The van der Waals surface area contributed by atoms with Gasteiger partial charge in [0.15, 0.2) is 0 Å². The maximum atomic E-state index is 13.1. The van der Waals surface area contributed by atoms with Gasteiger partial charge >= 0.3 is 0 Å². The maximum absolute atomic E-state index is 13.1. The molecule has 0 aliphatic heterocycles. The second-order valence-corrected chi connectivity index (χ2v) is 5.84. The standard InChI is InChI=1S/C16H15BrFN/c17-14-8-11(6-7-15(14)18)10-19-16-9-13(16)12-4-2-1-3-5-12/h1-8,13,16,19H,9-10H2. The van der Waals surface area contributed by atoms with Crippen LogP contribution in [0.5, 0.6) is 0 Å². The van der Waals surface area contributed by atoms with Gasteiger partial charge in [0.25, 0.3) is 0 Å². The third-order valence-corrected chi connectivity index (χ3v) is 4.18. The molecule has 1 nitrogen and oxygen atoms in total. The van der Waals surface area contributed by atoms with Crippen LogP contribution in [0.4, 0.5) is 4.39 Å². The summed E-state index contributed by atoms with van der Waals surface area (Å²) in [6.07, 6.45) is 1.19. The lowest BCUT2D eigenvalue weighted by Gasteiger charge is -2.05. The highest BCUT2D eigenvalue weighted by molar-refractivity contribution is 9.10. The quantitative estimate of drug-likeness (QED) is 0.889. The summed E-state index contributed by atoms with van der Waals surface area (Å²) in [5.41, 5.74) is 2.51. The van der Waals surface area contributed by atoms with Gasteiger partial charge in [-0.1, -0.05) is 36.4 Å². The van der Waals surface area contributed by atoms with Crippen LogP contribution in [0.1, 0.15) is 23.5 Å². The van der Waals surface area contributed by atoms with E-state index < -0.39 is 0 Å². The highest BCUT2D eigenvalue weighted by atomic mass is 79.9. The Labute approximate surface area is 121 Å². The van der Waals surface area contributed by atoms with Gasteiger partial charge in [0.05, 0.1) is 4.47 Å². The highest BCUT2D eigenvalue weighted by Gasteiger charge is 2.37. The molecule has 3 rings (SSSR count). The molecular weight excluding hydrogens is 305 g/mol. The Hall–Kier alpha value is -1.19. The Morgan fingerprint density at radius 2 is 1.95 bits per heavy atom. The van der Waals surface area contributed by atoms with E-state index in [-0.39, 0.29) is 5.82 Å². The van der Waals surface area contributed by atoms with E-state index >= 15 is 0 Å². The van der Waals surface area contributed by atoms with E-state index in [9.17, 15) is 4.39 Å². The molecule has 0 spiro atoms. The van der Waals surface area contributed by atoms with Crippen molar-refractivity contribution in [2.24, 2.45) is 0 Å². The molecule has 3 heteroatoms. The van der Waals surface area contributed by atoms with Crippen molar-refractivity contribution in [3.05, 3.63) is 69.9 Å². The molecule has 0 radical (unpaired) electrons. The molecule has 0 bridgehead atoms. The first-order chi connectivity index (χ1) is 9.24. The minimum Gasteiger partial charge on any atom is -0.309 e. The molecule has 0 aromatic heterocycles. The number of hydrogen-bond acceptors (Lipinski definition) is 1. The van der Waals surface area contributed by atoms with Crippen LogP contribution in [-0.2, 0) is 6.54 Å². The minimum absolute atomic E-state index is 0.211. The predicted molar refractivity (Wildman–Crippen MR) is 78.5 cm³/mol. The van der Waals surface area contributed by atoms with Crippen LogP contribution in [0.3, 0.4) is 0 Å². The molecule has 0 heterocycles. The van der Waals surface area contributed by atoms with E-state index in [2.05, 4.69) is 45.5 Å². The largest absolute Gasteiger partial charge is 0.309 e. The third-order valence-electron chi connectivity index (χ3n) is 3.57. The zero-order chi connectivity index (χ0) is 13.2. The molecule has 2 aromatic rings. The maximum Gasteiger partial charge on any atom is 0.137 e.